The molecule has 0 saturated heterocycles. The summed E-state index contributed by atoms with van der Waals surface area (Å²) in [6, 6.07) is 25.1. The Balaban J connectivity index is 1.86. The first-order chi connectivity index (χ1) is 10.8. The molecule has 0 aliphatic heterocycles. The van der Waals surface area contributed by atoms with Gasteiger partial charge in [-0.15, -0.1) is 0 Å². The lowest BCUT2D eigenvalue weighted by molar-refractivity contribution is 0.770. The van der Waals surface area contributed by atoms with Gasteiger partial charge < -0.3 is 5.32 Å². The van der Waals surface area contributed by atoms with Gasteiger partial charge in [0.15, 0.2) is 0 Å². The smallest absolute Gasteiger partial charge is 0.126 e. The summed E-state index contributed by atoms with van der Waals surface area (Å²) in [5.74, 6) is 0.895. The number of nitrogens with zero attached hydrogens (tertiary/aromatic N) is 1. The van der Waals surface area contributed by atoms with Crippen LogP contribution >= 0.6 is 15.9 Å². The van der Waals surface area contributed by atoms with E-state index in [9.17, 15) is 0 Å². The van der Waals surface area contributed by atoms with Gasteiger partial charge in [-0.3, -0.25) is 0 Å². The van der Waals surface area contributed by atoms with E-state index in [1.165, 1.54) is 11.1 Å². The zero-order valence-electron chi connectivity index (χ0n) is 12.1. The number of rotatable bonds is 5. The average Bonchev–Trinajstić information content (AvgIpc) is 2.57. The number of halogens is 1. The quantitative estimate of drug-likeness (QED) is 0.679. The number of pyridine rings is 1. The molecule has 1 heterocycles. The van der Waals surface area contributed by atoms with E-state index in [0.29, 0.717) is 0 Å². The van der Waals surface area contributed by atoms with E-state index in [1.54, 1.807) is 0 Å². The fraction of sp³-hybridized carbons (Fsp3) is 0.105. The van der Waals surface area contributed by atoms with E-state index in [4.69, 9.17) is 0 Å². The van der Waals surface area contributed by atoms with Crippen molar-refractivity contribution in [3.05, 3.63) is 94.6 Å². The van der Waals surface area contributed by atoms with Gasteiger partial charge in [0.1, 0.15) is 5.82 Å². The molecule has 0 fully saturated rings. The fourth-order valence-electron chi connectivity index (χ4n) is 2.42. The molecule has 1 atom stereocenters. The van der Waals surface area contributed by atoms with Crippen LogP contribution in [-0.2, 0) is 6.42 Å². The predicted molar refractivity (Wildman–Crippen MR) is 94.9 cm³/mol. The molecule has 1 aromatic heterocycles. The molecule has 0 radical (unpaired) electrons. The molecule has 22 heavy (non-hydrogen) atoms. The second-order valence-corrected chi connectivity index (χ2v) is 6.07. The van der Waals surface area contributed by atoms with E-state index < -0.39 is 0 Å². The maximum atomic E-state index is 4.38. The Morgan fingerprint density at radius 2 is 1.59 bits per heavy atom. The van der Waals surface area contributed by atoms with E-state index in [2.05, 4.69) is 74.8 Å². The summed E-state index contributed by atoms with van der Waals surface area (Å²) in [6.07, 6.45) is 2.72. The van der Waals surface area contributed by atoms with Gasteiger partial charge in [0.25, 0.3) is 0 Å². The molecule has 3 heteroatoms. The van der Waals surface area contributed by atoms with Crippen molar-refractivity contribution in [3.63, 3.8) is 0 Å². The molecule has 0 aliphatic rings. The Labute approximate surface area is 139 Å². The van der Waals surface area contributed by atoms with Gasteiger partial charge in [0.05, 0.1) is 6.04 Å². The van der Waals surface area contributed by atoms with Crippen LogP contribution in [0.2, 0.25) is 0 Å². The number of nitrogens with one attached hydrogen (secondary N) is 1. The van der Waals surface area contributed by atoms with Gasteiger partial charge in [-0.05, 0) is 41.8 Å². The van der Waals surface area contributed by atoms with Crippen molar-refractivity contribution < 1.29 is 0 Å². The Morgan fingerprint density at radius 3 is 2.27 bits per heavy atom. The Morgan fingerprint density at radius 1 is 0.864 bits per heavy atom. The minimum absolute atomic E-state index is 0.186. The number of anilines is 1. The van der Waals surface area contributed by atoms with Crippen LogP contribution in [0.5, 0.6) is 0 Å². The van der Waals surface area contributed by atoms with Crippen molar-refractivity contribution in [1.29, 1.82) is 0 Å². The van der Waals surface area contributed by atoms with Crippen molar-refractivity contribution in [2.45, 2.75) is 12.5 Å². The standard InChI is InChI=1S/C19H17BrN2/c20-17-11-9-16(10-12-17)18(14-15-6-2-1-3-7-15)22-19-8-4-5-13-21-19/h1-13,18H,14H2,(H,21,22). The van der Waals surface area contributed by atoms with E-state index in [1.807, 2.05) is 30.5 Å². The maximum Gasteiger partial charge on any atom is 0.126 e. The minimum atomic E-state index is 0.186. The number of benzene rings is 2. The molecular formula is C19H17BrN2. The van der Waals surface area contributed by atoms with Crippen LogP contribution < -0.4 is 5.32 Å². The summed E-state index contributed by atoms with van der Waals surface area (Å²) in [7, 11) is 0. The number of hydrogen-bond acceptors (Lipinski definition) is 2. The molecule has 0 aliphatic carbocycles. The second-order valence-electron chi connectivity index (χ2n) is 5.15. The average molecular weight is 353 g/mol. The third-order valence-corrected chi connectivity index (χ3v) is 4.07. The largest absolute Gasteiger partial charge is 0.363 e. The number of aromatic nitrogens is 1. The molecule has 0 spiro atoms. The summed E-state index contributed by atoms with van der Waals surface area (Å²) in [5, 5.41) is 3.54. The highest BCUT2D eigenvalue weighted by molar-refractivity contribution is 9.10. The van der Waals surface area contributed by atoms with Crippen LogP contribution in [0.1, 0.15) is 17.2 Å². The van der Waals surface area contributed by atoms with E-state index >= 15 is 0 Å². The van der Waals surface area contributed by atoms with Crippen molar-refractivity contribution in [1.82, 2.24) is 4.98 Å². The Hall–Kier alpha value is -2.13. The summed E-state index contributed by atoms with van der Waals surface area (Å²) >= 11 is 3.50. The van der Waals surface area contributed by atoms with Crippen LogP contribution in [0.25, 0.3) is 0 Å². The molecule has 1 N–H and O–H groups in total. The monoisotopic (exact) mass is 352 g/mol. The predicted octanol–water partition coefficient (Wildman–Crippen LogP) is 5.24. The third kappa shape index (κ3) is 3.95. The van der Waals surface area contributed by atoms with Crippen molar-refractivity contribution >= 4 is 21.7 Å². The minimum Gasteiger partial charge on any atom is -0.363 e. The highest BCUT2D eigenvalue weighted by Crippen LogP contribution is 2.24. The van der Waals surface area contributed by atoms with Crippen molar-refractivity contribution in [2.24, 2.45) is 0 Å². The summed E-state index contributed by atoms with van der Waals surface area (Å²) in [5.41, 5.74) is 2.55. The highest BCUT2D eigenvalue weighted by Gasteiger charge is 2.12. The first-order valence-corrected chi connectivity index (χ1v) is 8.07. The fourth-order valence-corrected chi connectivity index (χ4v) is 2.69. The van der Waals surface area contributed by atoms with Crippen molar-refractivity contribution in [3.8, 4) is 0 Å². The van der Waals surface area contributed by atoms with E-state index in [0.717, 1.165) is 16.7 Å². The molecule has 110 valence electrons. The molecule has 1 unspecified atom stereocenters. The lowest BCUT2D eigenvalue weighted by atomic mass is 9.99. The SMILES string of the molecule is Brc1ccc(C(Cc2ccccc2)Nc2ccccn2)cc1. The van der Waals surface area contributed by atoms with Crippen LogP contribution in [0, 0.1) is 0 Å². The second kappa shape index (κ2) is 7.23. The molecule has 0 amide bonds. The van der Waals surface area contributed by atoms with Crippen LogP contribution in [-0.4, -0.2) is 4.98 Å². The third-order valence-electron chi connectivity index (χ3n) is 3.54. The Kier molecular flexibility index (Phi) is 4.86. The summed E-state index contributed by atoms with van der Waals surface area (Å²) < 4.78 is 1.09. The van der Waals surface area contributed by atoms with Crippen LogP contribution in [0.4, 0.5) is 5.82 Å². The van der Waals surface area contributed by atoms with Crippen LogP contribution in [0.3, 0.4) is 0 Å². The lowest BCUT2D eigenvalue weighted by Gasteiger charge is -2.20. The Bertz CT molecular complexity index is 655. The normalized spacial score (nSPS) is 11.9. The van der Waals surface area contributed by atoms with Gasteiger partial charge in [-0.2, -0.15) is 0 Å². The first-order valence-electron chi connectivity index (χ1n) is 7.28. The van der Waals surface area contributed by atoms with Crippen LogP contribution in [0.15, 0.2) is 83.5 Å². The maximum absolute atomic E-state index is 4.38. The molecule has 0 saturated carbocycles. The zero-order chi connectivity index (χ0) is 15.2. The lowest BCUT2D eigenvalue weighted by Crippen LogP contribution is -2.14. The molecule has 3 aromatic rings. The van der Waals surface area contributed by atoms with Gasteiger partial charge >= 0.3 is 0 Å². The van der Waals surface area contributed by atoms with Gasteiger partial charge in [0, 0.05) is 10.7 Å². The van der Waals surface area contributed by atoms with Crippen molar-refractivity contribution in [2.75, 3.05) is 5.32 Å². The van der Waals surface area contributed by atoms with Gasteiger partial charge in [0.2, 0.25) is 0 Å². The first kappa shape index (κ1) is 14.8. The summed E-state index contributed by atoms with van der Waals surface area (Å²) in [4.78, 5) is 4.38. The molecule has 2 aromatic carbocycles. The van der Waals surface area contributed by atoms with Gasteiger partial charge in [-0.25, -0.2) is 4.98 Å². The molecular weight excluding hydrogens is 336 g/mol. The molecule has 0 bridgehead atoms. The zero-order valence-corrected chi connectivity index (χ0v) is 13.7. The highest BCUT2D eigenvalue weighted by atomic mass is 79.9. The topological polar surface area (TPSA) is 24.9 Å². The van der Waals surface area contributed by atoms with E-state index in [-0.39, 0.29) is 6.04 Å². The molecule has 3 rings (SSSR count). The number of hydrogen-bond donors (Lipinski definition) is 1. The summed E-state index contributed by atoms with van der Waals surface area (Å²) in [6.45, 7) is 0. The molecule has 2 nitrogen and oxygen atoms in total. The van der Waals surface area contributed by atoms with Gasteiger partial charge in [-0.1, -0.05) is 64.5 Å².